The van der Waals surface area contributed by atoms with Crippen LogP contribution in [-0.2, 0) is 14.7 Å². The fraction of sp³-hybridized carbons (Fsp3) is 1.00. The molecule has 0 saturated carbocycles. The molecule has 1 N–H and O–H groups in total. The molecule has 68 valence electrons. The van der Waals surface area contributed by atoms with Crippen molar-refractivity contribution in [1.29, 1.82) is 0 Å². The smallest absolute Gasteiger partial charge is 0.151 e. The highest BCUT2D eigenvalue weighted by Crippen LogP contribution is 1.86. The van der Waals surface area contributed by atoms with Crippen LogP contribution in [0.5, 0.6) is 0 Å². The molecular weight excluding hydrogens is 166 g/mol. The van der Waals surface area contributed by atoms with E-state index in [1.54, 1.807) is 6.92 Å². The molecule has 4 nitrogen and oxygen atoms in total. The molecular formula is C6H15NO3S. The third-order valence-electron chi connectivity index (χ3n) is 1.20. The number of hydrogen-bond acceptors (Lipinski definition) is 4. The Bertz CT molecular complexity index is 176. The summed E-state index contributed by atoms with van der Waals surface area (Å²) in [6.07, 6.45) is 0. The number of hydrogen-bond donors (Lipinski definition) is 1. The van der Waals surface area contributed by atoms with Gasteiger partial charge >= 0.3 is 0 Å². The molecule has 0 spiro atoms. The van der Waals surface area contributed by atoms with Gasteiger partial charge in [-0.3, -0.25) is 0 Å². The van der Waals surface area contributed by atoms with Crippen molar-refractivity contribution in [3.8, 4) is 0 Å². The van der Waals surface area contributed by atoms with Crippen molar-refractivity contribution >= 4 is 9.84 Å². The second-order valence-corrected chi connectivity index (χ2v) is 4.54. The summed E-state index contributed by atoms with van der Waals surface area (Å²) in [6, 6.07) is 0. The van der Waals surface area contributed by atoms with Gasteiger partial charge < -0.3 is 4.84 Å². The summed E-state index contributed by atoms with van der Waals surface area (Å²) in [5.41, 5.74) is 2.55. The topological polar surface area (TPSA) is 55.4 Å². The van der Waals surface area contributed by atoms with Crippen LogP contribution in [0.25, 0.3) is 0 Å². The van der Waals surface area contributed by atoms with Gasteiger partial charge in [-0.15, -0.1) is 0 Å². The highest BCUT2D eigenvalue weighted by atomic mass is 32.2. The second kappa shape index (κ2) is 5.51. The van der Waals surface area contributed by atoms with Crippen LogP contribution < -0.4 is 5.48 Å². The van der Waals surface area contributed by atoms with E-state index >= 15 is 0 Å². The van der Waals surface area contributed by atoms with Crippen LogP contribution in [0.15, 0.2) is 0 Å². The average Bonchev–Trinajstić information content (AvgIpc) is 1.99. The van der Waals surface area contributed by atoms with Gasteiger partial charge in [-0.1, -0.05) is 6.92 Å². The van der Waals surface area contributed by atoms with E-state index in [2.05, 4.69) is 5.48 Å². The molecule has 0 aromatic rings. The molecule has 0 aromatic heterocycles. The monoisotopic (exact) mass is 181 g/mol. The Hall–Kier alpha value is -0.130. The summed E-state index contributed by atoms with van der Waals surface area (Å²) in [4.78, 5) is 4.76. The number of rotatable bonds is 6. The van der Waals surface area contributed by atoms with Gasteiger partial charge in [0.2, 0.25) is 0 Å². The van der Waals surface area contributed by atoms with Gasteiger partial charge in [0.05, 0.1) is 12.4 Å². The van der Waals surface area contributed by atoms with Crippen LogP contribution in [0.1, 0.15) is 13.8 Å². The molecule has 0 heterocycles. The van der Waals surface area contributed by atoms with Crippen molar-refractivity contribution < 1.29 is 13.3 Å². The minimum absolute atomic E-state index is 0.142. The number of sulfone groups is 1. The molecule has 5 heteroatoms. The second-order valence-electron chi connectivity index (χ2n) is 2.06. The van der Waals surface area contributed by atoms with E-state index in [-0.39, 0.29) is 11.5 Å². The molecule has 0 rings (SSSR count). The first-order valence-corrected chi connectivity index (χ1v) is 5.49. The summed E-state index contributed by atoms with van der Waals surface area (Å²) < 4.78 is 21.7. The lowest BCUT2D eigenvalue weighted by Crippen LogP contribution is -2.24. The Balaban J connectivity index is 3.39. The molecule has 0 aromatic carbocycles. The summed E-state index contributed by atoms with van der Waals surface area (Å²) in [7, 11) is -2.84. The van der Waals surface area contributed by atoms with Crippen LogP contribution in [0, 0.1) is 0 Å². The minimum atomic E-state index is -2.84. The predicted molar refractivity (Wildman–Crippen MR) is 44.0 cm³/mol. The van der Waals surface area contributed by atoms with Crippen LogP contribution >= 0.6 is 0 Å². The van der Waals surface area contributed by atoms with Gasteiger partial charge in [-0.05, 0) is 6.92 Å². The fourth-order valence-electron chi connectivity index (χ4n) is 0.516. The molecule has 11 heavy (non-hydrogen) atoms. The molecule has 0 aliphatic carbocycles. The van der Waals surface area contributed by atoms with Crippen LogP contribution in [0.2, 0.25) is 0 Å². The standard InChI is InChI=1S/C6H15NO3S/c1-3-10-7-5-6-11(8,9)4-2/h7H,3-6H2,1-2H3. The van der Waals surface area contributed by atoms with E-state index in [4.69, 9.17) is 4.84 Å². The lowest BCUT2D eigenvalue weighted by molar-refractivity contribution is 0.0551. The van der Waals surface area contributed by atoms with Crippen molar-refractivity contribution in [1.82, 2.24) is 5.48 Å². The zero-order valence-corrected chi connectivity index (χ0v) is 7.78. The summed E-state index contributed by atoms with van der Waals surface area (Å²) in [5, 5.41) is 0. The molecule has 0 atom stereocenters. The van der Waals surface area contributed by atoms with E-state index in [1.165, 1.54) is 0 Å². The molecule has 0 amide bonds. The molecule has 0 bridgehead atoms. The van der Waals surface area contributed by atoms with Crippen molar-refractivity contribution in [3.05, 3.63) is 0 Å². The molecule has 0 aliphatic rings. The molecule has 0 saturated heterocycles. The Morgan fingerprint density at radius 1 is 1.36 bits per heavy atom. The summed E-state index contributed by atoms with van der Waals surface area (Å²) >= 11 is 0. The highest BCUT2D eigenvalue weighted by molar-refractivity contribution is 7.91. The van der Waals surface area contributed by atoms with Gasteiger partial charge in [0.25, 0.3) is 0 Å². The first kappa shape index (κ1) is 10.9. The Morgan fingerprint density at radius 3 is 2.45 bits per heavy atom. The Labute approximate surface area is 67.8 Å². The van der Waals surface area contributed by atoms with Crippen molar-refractivity contribution in [2.45, 2.75) is 13.8 Å². The van der Waals surface area contributed by atoms with Gasteiger partial charge in [0.1, 0.15) is 0 Å². The lowest BCUT2D eigenvalue weighted by atomic mass is 10.8. The maximum absolute atomic E-state index is 10.9. The zero-order valence-electron chi connectivity index (χ0n) is 6.96. The maximum atomic E-state index is 10.9. The predicted octanol–water partition coefficient (Wildman–Crippen LogP) is -0.0378. The quantitative estimate of drug-likeness (QED) is 0.461. The first-order chi connectivity index (χ1) is 5.12. The van der Waals surface area contributed by atoms with Crippen molar-refractivity contribution in [2.75, 3.05) is 24.7 Å². The van der Waals surface area contributed by atoms with Crippen molar-refractivity contribution in [3.63, 3.8) is 0 Å². The van der Waals surface area contributed by atoms with E-state index in [0.29, 0.717) is 13.2 Å². The van der Waals surface area contributed by atoms with Gasteiger partial charge in [0, 0.05) is 12.3 Å². The van der Waals surface area contributed by atoms with Crippen molar-refractivity contribution in [2.24, 2.45) is 0 Å². The molecule has 0 radical (unpaired) electrons. The number of hydroxylamine groups is 1. The van der Waals surface area contributed by atoms with E-state index < -0.39 is 9.84 Å². The third kappa shape index (κ3) is 6.28. The Morgan fingerprint density at radius 2 is 2.00 bits per heavy atom. The summed E-state index contributed by atoms with van der Waals surface area (Å²) in [5.74, 6) is 0.338. The van der Waals surface area contributed by atoms with Gasteiger partial charge in [-0.2, -0.15) is 0 Å². The minimum Gasteiger partial charge on any atom is -0.302 e. The van der Waals surface area contributed by atoms with E-state index in [9.17, 15) is 8.42 Å². The molecule has 0 fully saturated rings. The largest absolute Gasteiger partial charge is 0.302 e. The third-order valence-corrected chi connectivity index (χ3v) is 2.91. The first-order valence-electron chi connectivity index (χ1n) is 3.67. The molecule has 0 unspecified atom stereocenters. The van der Waals surface area contributed by atoms with Crippen LogP contribution in [0.3, 0.4) is 0 Å². The zero-order chi connectivity index (χ0) is 8.74. The highest BCUT2D eigenvalue weighted by Gasteiger charge is 2.05. The van der Waals surface area contributed by atoms with Gasteiger partial charge in [0.15, 0.2) is 9.84 Å². The van der Waals surface area contributed by atoms with E-state index in [1.807, 2.05) is 6.92 Å². The van der Waals surface area contributed by atoms with Gasteiger partial charge in [-0.25, -0.2) is 13.9 Å². The fourth-order valence-corrected chi connectivity index (χ4v) is 1.20. The van der Waals surface area contributed by atoms with E-state index in [0.717, 1.165) is 0 Å². The lowest BCUT2D eigenvalue weighted by Gasteiger charge is -2.02. The average molecular weight is 181 g/mol. The van der Waals surface area contributed by atoms with Crippen LogP contribution in [0.4, 0.5) is 0 Å². The van der Waals surface area contributed by atoms with Crippen LogP contribution in [-0.4, -0.2) is 33.1 Å². The SMILES string of the molecule is CCONCCS(=O)(=O)CC. The summed E-state index contributed by atoms with van der Waals surface area (Å²) in [6.45, 7) is 4.38. The number of nitrogens with one attached hydrogen (secondary N) is 1. The maximum Gasteiger partial charge on any atom is 0.151 e. The normalized spacial score (nSPS) is 11.8. The molecule has 0 aliphatic heterocycles. The Kier molecular flexibility index (Phi) is 5.45.